The van der Waals surface area contributed by atoms with E-state index in [0.717, 1.165) is 16.9 Å². The third kappa shape index (κ3) is 7.19. The predicted molar refractivity (Wildman–Crippen MR) is 136 cm³/mol. The molecular formula is C27H34N2O4S. The van der Waals surface area contributed by atoms with Gasteiger partial charge in [-0.05, 0) is 29.5 Å². The summed E-state index contributed by atoms with van der Waals surface area (Å²) in [6.45, 7) is 3.89. The van der Waals surface area contributed by atoms with Crippen LogP contribution in [0.5, 0.6) is 0 Å². The molecule has 2 aromatic rings. The van der Waals surface area contributed by atoms with E-state index in [4.69, 9.17) is 0 Å². The van der Waals surface area contributed by atoms with E-state index in [-0.39, 0.29) is 37.5 Å². The Hall–Kier alpha value is -2.61. The molecule has 3 N–H and O–H groups in total. The van der Waals surface area contributed by atoms with Crippen molar-refractivity contribution >= 4 is 23.6 Å². The van der Waals surface area contributed by atoms with Crippen LogP contribution in [0.1, 0.15) is 29.5 Å². The number of hydrogen-bond donors (Lipinski definition) is 3. The lowest BCUT2D eigenvalue weighted by Gasteiger charge is -2.36. The lowest BCUT2D eigenvalue weighted by Crippen LogP contribution is -2.48. The average molecular weight is 483 g/mol. The molecule has 2 amide bonds. The molecule has 182 valence electrons. The number of thioether (sulfide) groups is 1. The van der Waals surface area contributed by atoms with Crippen molar-refractivity contribution in [3.63, 3.8) is 0 Å². The predicted octanol–water partition coefficient (Wildman–Crippen LogP) is 2.93. The van der Waals surface area contributed by atoms with Gasteiger partial charge in [0.1, 0.15) is 0 Å². The van der Waals surface area contributed by atoms with Crippen molar-refractivity contribution in [2.24, 2.45) is 5.92 Å². The summed E-state index contributed by atoms with van der Waals surface area (Å²) in [6, 6.07) is 17.3. The van der Waals surface area contributed by atoms with Gasteiger partial charge in [0.05, 0.1) is 31.2 Å². The lowest BCUT2D eigenvalue weighted by molar-refractivity contribution is -0.140. The van der Waals surface area contributed by atoms with Gasteiger partial charge in [0.25, 0.3) is 0 Å². The Morgan fingerprint density at radius 3 is 2.50 bits per heavy atom. The fraction of sp³-hybridized carbons (Fsp3) is 0.407. The van der Waals surface area contributed by atoms with Gasteiger partial charge in [0.2, 0.25) is 11.8 Å². The highest BCUT2D eigenvalue weighted by atomic mass is 32.2. The minimum atomic E-state index is -0.574. The molecule has 3 atom stereocenters. The number of aliphatic hydroxyl groups is 2. The van der Waals surface area contributed by atoms with Gasteiger partial charge in [0.15, 0.2) is 0 Å². The van der Waals surface area contributed by atoms with Crippen LogP contribution in [0, 0.1) is 5.92 Å². The third-order valence-corrected chi connectivity index (χ3v) is 7.30. The first-order valence-electron chi connectivity index (χ1n) is 11.7. The van der Waals surface area contributed by atoms with E-state index in [0.29, 0.717) is 25.1 Å². The van der Waals surface area contributed by atoms with Crippen LogP contribution in [0.4, 0.5) is 0 Å². The van der Waals surface area contributed by atoms with E-state index < -0.39 is 12.0 Å². The zero-order valence-electron chi connectivity index (χ0n) is 19.4. The highest BCUT2D eigenvalue weighted by Gasteiger charge is 2.32. The number of carbonyl (C=O) groups is 2. The Morgan fingerprint density at radius 2 is 1.82 bits per heavy atom. The molecule has 34 heavy (non-hydrogen) atoms. The summed E-state index contributed by atoms with van der Waals surface area (Å²) in [5.74, 6) is 0.372. The molecule has 1 heterocycles. The van der Waals surface area contributed by atoms with Gasteiger partial charge < -0.3 is 20.4 Å². The topological polar surface area (TPSA) is 89.9 Å². The summed E-state index contributed by atoms with van der Waals surface area (Å²) < 4.78 is 0. The zero-order chi connectivity index (χ0) is 24.3. The smallest absolute Gasteiger partial charge is 0.224 e. The normalized spacial score (nSPS) is 16.9. The van der Waals surface area contributed by atoms with Crippen LogP contribution in [0.25, 0.3) is 0 Å². The molecule has 0 unspecified atom stereocenters. The summed E-state index contributed by atoms with van der Waals surface area (Å²) in [5, 5.41) is 22.6. The molecule has 0 bridgehead atoms. The van der Waals surface area contributed by atoms with Gasteiger partial charge in [-0.15, -0.1) is 6.58 Å². The number of benzene rings is 2. The molecule has 3 rings (SSSR count). The maximum Gasteiger partial charge on any atom is 0.224 e. The van der Waals surface area contributed by atoms with Gasteiger partial charge in [-0.3, -0.25) is 9.59 Å². The molecule has 1 aliphatic rings. The van der Waals surface area contributed by atoms with Gasteiger partial charge in [-0.25, -0.2) is 0 Å². The van der Waals surface area contributed by atoms with Crippen molar-refractivity contribution in [1.82, 2.24) is 10.2 Å². The summed E-state index contributed by atoms with van der Waals surface area (Å²) in [7, 11) is 0. The molecular weight excluding hydrogens is 448 g/mol. The molecule has 0 aromatic heterocycles. The molecule has 7 heteroatoms. The Balaban J connectivity index is 1.57. The molecule has 2 aromatic carbocycles. The van der Waals surface area contributed by atoms with Crippen LogP contribution in [0.15, 0.2) is 67.3 Å². The van der Waals surface area contributed by atoms with Crippen LogP contribution in [-0.4, -0.2) is 58.0 Å². The molecule has 0 saturated carbocycles. The molecule has 0 fully saturated rings. The summed E-state index contributed by atoms with van der Waals surface area (Å²) in [6.07, 6.45) is 2.64. The second-order valence-corrected chi connectivity index (χ2v) is 9.68. The quantitative estimate of drug-likeness (QED) is 0.405. The Morgan fingerprint density at radius 1 is 1.12 bits per heavy atom. The minimum Gasteiger partial charge on any atom is -0.394 e. The van der Waals surface area contributed by atoms with Crippen molar-refractivity contribution in [3.05, 3.63) is 83.9 Å². The van der Waals surface area contributed by atoms with Gasteiger partial charge in [-0.2, -0.15) is 11.8 Å². The molecule has 0 radical (unpaired) electrons. The fourth-order valence-electron chi connectivity index (χ4n) is 4.21. The number of nitrogens with one attached hydrogen (secondary N) is 1. The summed E-state index contributed by atoms with van der Waals surface area (Å²) in [4.78, 5) is 27.9. The van der Waals surface area contributed by atoms with E-state index in [2.05, 4.69) is 11.9 Å². The monoisotopic (exact) mass is 482 g/mol. The van der Waals surface area contributed by atoms with E-state index in [1.165, 1.54) is 5.56 Å². The number of amides is 2. The van der Waals surface area contributed by atoms with Crippen LogP contribution in [0.3, 0.4) is 0 Å². The maximum absolute atomic E-state index is 13.2. The number of allylic oxidation sites excluding steroid dienone is 1. The number of aliphatic hydroxyl groups excluding tert-OH is 2. The van der Waals surface area contributed by atoms with Crippen molar-refractivity contribution in [2.45, 2.75) is 43.6 Å². The Kier molecular flexibility index (Phi) is 10.2. The molecule has 6 nitrogen and oxygen atoms in total. The largest absolute Gasteiger partial charge is 0.394 e. The van der Waals surface area contributed by atoms with E-state index in [1.54, 1.807) is 22.7 Å². The minimum absolute atomic E-state index is 0.0336. The Labute approximate surface area is 206 Å². The number of nitrogens with zero attached hydrogens (tertiary/aromatic N) is 1. The zero-order valence-corrected chi connectivity index (χ0v) is 20.3. The van der Waals surface area contributed by atoms with Crippen molar-refractivity contribution < 1.29 is 19.8 Å². The van der Waals surface area contributed by atoms with Gasteiger partial charge >= 0.3 is 0 Å². The van der Waals surface area contributed by atoms with Gasteiger partial charge in [0, 0.05) is 24.5 Å². The second kappa shape index (κ2) is 13.3. The van der Waals surface area contributed by atoms with Crippen molar-refractivity contribution in [2.75, 3.05) is 19.0 Å². The van der Waals surface area contributed by atoms with Crippen molar-refractivity contribution in [1.29, 1.82) is 0 Å². The van der Waals surface area contributed by atoms with Crippen LogP contribution >= 0.6 is 11.8 Å². The van der Waals surface area contributed by atoms with E-state index in [9.17, 15) is 19.8 Å². The van der Waals surface area contributed by atoms with Crippen LogP contribution in [-0.2, 0) is 28.3 Å². The SMILES string of the molecule is C=CC[C@H](CC(=O)N1Cc2ccccc2C[C@H]1CO)C(=O)N[C@H](CO)CSCc1ccccc1. The lowest BCUT2D eigenvalue weighted by atomic mass is 9.92. The molecule has 0 saturated heterocycles. The summed E-state index contributed by atoms with van der Waals surface area (Å²) in [5.41, 5.74) is 3.40. The van der Waals surface area contributed by atoms with E-state index >= 15 is 0 Å². The van der Waals surface area contributed by atoms with Crippen molar-refractivity contribution in [3.8, 4) is 0 Å². The second-order valence-electron chi connectivity index (χ2n) is 8.65. The molecule has 0 spiro atoms. The first kappa shape index (κ1) is 26.0. The standard InChI is InChI=1S/C27H34N2O4S/c1-2-8-22(27(33)28-24(16-30)19-34-18-20-9-4-3-5-10-20)14-26(32)29-15-23-12-7-6-11-21(23)13-25(29)17-31/h2-7,9-12,22,24-25,30-31H,1,8,13-19H2,(H,28,33)/t22-,24-,25+/m1/s1. The first-order chi connectivity index (χ1) is 16.5. The maximum atomic E-state index is 13.2. The molecule has 0 aliphatic carbocycles. The number of hydrogen-bond acceptors (Lipinski definition) is 5. The fourth-order valence-corrected chi connectivity index (χ4v) is 5.23. The van der Waals surface area contributed by atoms with E-state index in [1.807, 2.05) is 54.6 Å². The van der Waals surface area contributed by atoms with Gasteiger partial charge in [-0.1, -0.05) is 60.7 Å². The number of rotatable bonds is 12. The molecule has 1 aliphatic heterocycles. The number of carbonyl (C=O) groups excluding carboxylic acids is 2. The highest BCUT2D eigenvalue weighted by Crippen LogP contribution is 2.25. The highest BCUT2D eigenvalue weighted by molar-refractivity contribution is 7.98. The average Bonchev–Trinajstić information content (AvgIpc) is 2.87. The van der Waals surface area contributed by atoms with Crippen LogP contribution in [0.2, 0.25) is 0 Å². The Bertz CT molecular complexity index is 953. The number of fused-ring (bicyclic) bond motifs is 1. The summed E-state index contributed by atoms with van der Waals surface area (Å²) >= 11 is 1.64. The first-order valence-corrected chi connectivity index (χ1v) is 12.8. The van der Waals surface area contributed by atoms with Crippen LogP contribution < -0.4 is 5.32 Å². The third-order valence-electron chi connectivity index (χ3n) is 6.13.